The van der Waals surface area contributed by atoms with Crippen LogP contribution in [0.4, 0.5) is 9.52 Å². The molecule has 128 valence electrons. The SMILES string of the molecule is Cc1cc(C(=O)Nc2nc(C3CC3)cs2)c(C)n1-c1ccccc1F. The maximum absolute atomic E-state index is 14.1. The zero-order valence-electron chi connectivity index (χ0n) is 14.0. The molecule has 0 unspecified atom stereocenters. The highest BCUT2D eigenvalue weighted by Crippen LogP contribution is 2.41. The second-order valence-electron chi connectivity index (χ2n) is 6.38. The number of hydrogen-bond donors (Lipinski definition) is 1. The second-order valence-corrected chi connectivity index (χ2v) is 7.24. The number of carbonyl (C=O) groups excluding carboxylic acids is 1. The maximum atomic E-state index is 14.1. The number of rotatable bonds is 4. The molecule has 0 aliphatic heterocycles. The number of nitrogens with zero attached hydrogens (tertiary/aromatic N) is 2. The predicted molar refractivity (Wildman–Crippen MR) is 97.2 cm³/mol. The van der Waals surface area contributed by atoms with E-state index in [2.05, 4.69) is 10.3 Å². The van der Waals surface area contributed by atoms with E-state index in [1.807, 2.05) is 19.2 Å². The van der Waals surface area contributed by atoms with Gasteiger partial charge in [0.15, 0.2) is 5.13 Å². The molecule has 0 atom stereocenters. The van der Waals surface area contributed by atoms with Gasteiger partial charge in [-0.25, -0.2) is 9.37 Å². The van der Waals surface area contributed by atoms with Gasteiger partial charge in [-0.2, -0.15) is 0 Å². The Kier molecular flexibility index (Phi) is 3.92. The van der Waals surface area contributed by atoms with Crippen LogP contribution in [0.5, 0.6) is 0 Å². The Labute approximate surface area is 149 Å². The number of aryl methyl sites for hydroxylation is 1. The van der Waals surface area contributed by atoms with Crippen LogP contribution >= 0.6 is 11.3 Å². The Morgan fingerprint density at radius 3 is 2.80 bits per heavy atom. The lowest BCUT2D eigenvalue weighted by atomic mass is 10.2. The minimum absolute atomic E-state index is 0.215. The third-order valence-electron chi connectivity index (χ3n) is 4.51. The molecule has 0 radical (unpaired) electrons. The Balaban J connectivity index is 1.63. The summed E-state index contributed by atoms with van der Waals surface area (Å²) >= 11 is 1.45. The van der Waals surface area contributed by atoms with Crippen LogP contribution in [-0.2, 0) is 0 Å². The van der Waals surface area contributed by atoms with Crippen LogP contribution in [0.2, 0.25) is 0 Å². The molecule has 0 bridgehead atoms. The van der Waals surface area contributed by atoms with Crippen molar-refractivity contribution in [2.75, 3.05) is 5.32 Å². The fourth-order valence-electron chi connectivity index (χ4n) is 3.07. The molecule has 4 nitrogen and oxygen atoms in total. The van der Waals surface area contributed by atoms with E-state index < -0.39 is 0 Å². The third kappa shape index (κ3) is 2.98. The number of thiazole rings is 1. The molecule has 1 aliphatic carbocycles. The molecular formula is C19H18FN3OS. The van der Waals surface area contributed by atoms with Gasteiger partial charge in [0.25, 0.3) is 5.91 Å². The van der Waals surface area contributed by atoms with Crippen LogP contribution in [0.15, 0.2) is 35.7 Å². The standard InChI is InChI=1S/C19H18FN3OS/c1-11-9-14(12(2)23(11)17-6-4-3-5-15(17)20)18(24)22-19-21-16(10-25-19)13-7-8-13/h3-6,9-10,13H,7-8H2,1-2H3,(H,21,22,24). The molecule has 0 saturated heterocycles. The van der Waals surface area contributed by atoms with Crippen LogP contribution in [0, 0.1) is 19.7 Å². The highest BCUT2D eigenvalue weighted by molar-refractivity contribution is 7.14. The molecular weight excluding hydrogens is 337 g/mol. The average Bonchev–Trinajstić information content (AvgIpc) is 3.26. The Hall–Kier alpha value is -2.47. The van der Waals surface area contributed by atoms with Gasteiger partial charge in [0.1, 0.15) is 5.82 Å². The van der Waals surface area contributed by atoms with Gasteiger partial charge >= 0.3 is 0 Å². The fraction of sp³-hybridized carbons (Fsp3) is 0.263. The van der Waals surface area contributed by atoms with Crippen molar-refractivity contribution < 1.29 is 9.18 Å². The third-order valence-corrected chi connectivity index (χ3v) is 5.28. The summed E-state index contributed by atoms with van der Waals surface area (Å²) in [4.78, 5) is 17.1. The molecule has 4 rings (SSSR count). The first-order valence-corrected chi connectivity index (χ1v) is 9.13. The highest BCUT2D eigenvalue weighted by Gasteiger charge is 2.26. The minimum atomic E-state index is -0.315. The van der Waals surface area contributed by atoms with Crippen LogP contribution < -0.4 is 5.32 Å². The van der Waals surface area contributed by atoms with Crippen molar-refractivity contribution >= 4 is 22.4 Å². The Bertz CT molecular complexity index is 955. The molecule has 2 heterocycles. The van der Waals surface area contributed by atoms with Gasteiger partial charge in [0, 0.05) is 22.7 Å². The number of hydrogen-bond acceptors (Lipinski definition) is 3. The van der Waals surface area contributed by atoms with Crippen molar-refractivity contribution in [3.63, 3.8) is 0 Å². The largest absolute Gasteiger partial charge is 0.315 e. The van der Waals surface area contributed by atoms with E-state index in [1.54, 1.807) is 28.8 Å². The first-order valence-electron chi connectivity index (χ1n) is 8.25. The molecule has 1 fully saturated rings. The van der Waals surface area contributed by atoms with Crippen molar-refractivity contribution in [3.8, 4) is 5.69 Å². The predicted octanol–water partition coefficient (Wildman–Crippen LogP) is 4.82. The summed E-state index contributed by atoms with van der Waals surface area (Å²) in [7, 11) is 0. The summed E-state index contributed by atoms with van der Waals surface area (Å²) in [6.07, 6.45) is 2.36. The summed E-state index contributed by atoms with van der Waals surface area (Å²) in [6.45, 7) is 3.69. The fourth-order valence-corrected chi connectivity index (χ4v) is 3.86. The van der Waals surface area contributed by atoms with Gasteiger partial charge in [-0.05, 0) is 44.9 Å². The topological polar surface area (TPSA) is 46.9 Å². The molecule has 1 N–H and O–H groups in total. The average molecular weight is 355 g/mol. The summed E-state index contributed by atoms with van der Waals surface area (Å²) in [5.41, 5.74) is 3.56. The Morgan fingerprint density at radius 2 is 2.08 bits per heavy atom. The van der Waals surface area contributed by atoms with E-state index in [4.69, 9.17) is 0 Å². The zero-order valence-corrected chi connectivity index (χ0v) is 14.9. The first-order chi connectivity index (χ1) is 12.0. The Morgan fingerprint density at radius 1 is 1.32 bits per heavy atom. The van der Waals surface area contributed by atoms with E-state index in [9.17, 15) is 9.18 Å². The number of nitrogens with one attached hydrogen (secondary N) is 1. The second kappa shape index (κ2) is 6.11. The molecule has 25 heavy (non-hydrogen) atoms. The number of anilines is 1. The lowest BCUT2D eigenvalue weighted by molar-refractivity contribution is 0.102. The highest BCUT2D eigenvalue weighted by atomic mass is 32.1. The molecule has 3 aromatic rings. The monoisotopic (exact) mass is 355 g/mol. The van der Waals surface area contributed by atoms with Crippen LogP contribution in [0.25, 0.3) is 5.69 Å². The van der Waals surface area contributed by atoms with E-state index in [1.165, 1.54) is 30.2 Å². The van der Waals surface area contributed by atoms with Crippen molar-refractivity contribution in [2.45, 2.75) is 32.6 Å². The maximum Gasteiger partial charge on any atom is 0.259 e. The summed E-state index contributed by atoms with van der Waals surface area (Å²) in [5, 5.41) is 5.49. The number of aromatic nitrogens is 2. The van der Waals surface area contributed by atoms with Crippen molar-refractivity contribution in [2.24, 2.45) is 0 Å². The molecule has 1 aromatic carbocycles. The van der Waals surface area contributed by atoms with Crippen molar-refractivity contribution in [3.05, 3.63) is 64.2 Å². The van der Waals surface area contributed by atoms with Gasteiger partial charge in [0.2, 0.25) is 0 Å². The molecule has 6 heteroatoms. The summed E-state index contributed by atoms with van der Waals surface area (Å²) < 4.78 is 15.9. The van der Waals surface area contributed by atoms with Gasteiger partial charge in [-0.1, -0.05) is 12.1 Å². The van der Waals surface area contributed by atoms with Gasteiger partial charge in [-0.3, -0.25) is 10.1 Å². The van der Waals surface area contributed by atoms with Crippen molar-refractivity contribution in [1.29, 1.82) is 0 Å². The number of carbonyl (C=O) groups is 1. The van der Waals surface area contributed by atoms with E-state index in [0.717, 1.165) is 11.4 Å². The molecule has 1 aliphatic rings. The smallest absolute Gasteiger partial charge is 0.259 e. The normalized spacial score (nSPS) is 13.9. The minimum Gasteiger partial charge on any atom is -0.315 e. The van der Waals surface area contributed by atoms with E-state index in [-0.39, 0.29) is 11.7 Å². The lowest BCUT2D eigenvalue weighted by Gasteiger charge is -2.10. The number of halogens is 1. The molecule has 1 saturated carbocycles. The molecule has 2 aromatic heterocycles. The van der Waals surface area contributed by atoms with Crippen LogP contribution in [0.3, 0.4) is 0 Å². The zero-order chi connectivity index (χ0) is 17.6. The van der Waals surface area contributed by atoms with Crippen LogP contribution in [-0.4, -0.2) is 15.5 Å². The van der Waals surface area contributed by atoms with Gasteiger partial charge < -0.3 is 4.57 Å². The quantitative estimate of drug-likeness (QED) is 0.729. The number of para-hydroxylation sites is 1. The summed E-state index contributed by atoms with van der Waals surface area (Å²) in [6, 6.07) is 8.35. The molecule has 1 amide bonds. The lowest BCUT2D eigenvalue weighted by Crippen LogP contribution is -2.13. The number of amides is 1. The summed E-state index contributed by atoms with van der Waals surface area (Å²) in [5.74, 6) is 0.0330. The van der Waals surface area contributed by atoms with Crippen LogP contribution in [0.1, 0.15) is 46.2 Å². The number of benzene rings is 1. The van der Waals surface area contributed by atoms with E-state index >= 15 is 0 Å². The molecule has 0 spiro atoms. The van der Waals surface area contributed by atoms with E-state index in [0.29, 0.717) is 28.0 Å². The van der Waals surface area contributed by atoms with Gasteiger partial charge in [-0.15, -0.1) is 11.3 Å². The first kappa shape index (κ1) is 16.0. The van der Waals surface area contributed by atoms with Crippen molar-refractivity contribution in [1.82, 2.24) is 9.55 Å². The van der Waals surface area contributed by atoms with Gasteiger partial charge in [0.05, 0.1) is 16.9 Å².